The summed E-state index contributed by atoms with van der Waals surface area (Å²) in [5, 5.41) is 2.57. The van der Waals surface area contributed by atoms with Gasteiger partial charge in [-0.3, -0.25) is 0 Å². The predicted octanol–water partition coefficient (Wildman–Crippen LogP) is 2.76. The average Bonchev–Trinajstić information content (AvgIpc) is 2.29. The molecule has 0 fully saturated rings. The van der Waals surface area contributed by atoms with Gasteiger partial charge in [-0.05, 0) is 17.3 Å². The summed E-state index contributed by atoms with van der Waals surface area (Å²) in [6.45, 7) is 0. The molecule has 0 aliphatic rings. The third-order valence-electron chi connectivity index (χ3n) is 2.37. The number of alkyl halides is 1. The minimum Gasteiger partial charge on any atom is -0.240 e. The summed E-state index contributed by atoms with van der Waals surface area (Å²) in [6, 6.07) is 1.87. The van der Waals surface area contributed by atoms with Gasteiger partial charge in [0.15, 0.2) is 5.52 Å². The number of nitrogens with zero attached hydrogens (tertiary/aromatic N) is 3. The van der Waals surface area contributed by atoms with Crippen LogP contribution in [0.15, 0.2) is 17.3 Å². The monoisotopic (exact) mass is 366 g/mol. The highest BCUT2D eigenvalue weighted by molar-refractivity contribution is 14.1. The second kappa shape index (κ2) is 5.01. The van der Waals surface area contributed by atoms with Gasteiger partial charge in [0, 0.05) is 0 Å². The van der Waals surface area contributed by atoms with Crippen molar-refractivity contribution in [3.05, 3.63) is 23.2 Å². The maximum Gasteiger partial charge on any atom is 0.309 e. The number of aromatic nitrogens is 3. The van der Waals surface area contributed by atoms with Crippen LogP contribution in [0.2, 0.25) is 5.15 Å². The largest absolute Gasteiger partial charge is 0.309 e. The molecule has 2 rings (SSSR count). The lowest BCUT2D eigenvalue weighted by Crippen LogP contribution is -2.35. The molecule has 0 aromatic carbocycles. The van der Waals surface area contributed by atoms with Crippen LogP contribution < -0.4 is 4.57 Å². The molecule has 16 heavy (non-hydrogen) atoms. The number of rotatable bonds is 2. The van der Waals surface area contributed by atoms with Crippen LogP contribution in [0.25, 0.3) is 10.9 Å². The molecule has 2 aromatic rings. The van der Waals surface area contributed by atoms with Crippen molar-refractivity contribution in [3.63, 3.8) is 0 Å². The molecule has 0 aliphatic carbocycles. The van der Waals surface area contributed by atoms with Crippen molar-refractivity contribution in [2.75, 3.05) is 6.26 Å². The zero-order valence-electron chi connectivity index (χ0n) is 8.87. The SMILES string of the molecule is CSc1nc(CI)[n+](C)c2cnc(Cl)cc12. The van der Waals surface area contributed by atoms with Crippen LogP contribution in [-0.2, 0) is 11.5 Å². The molecule has 0 saturated carbocycles. The van der Waals surface area contributed by atoms with Crippen molar-refractivity contribution >= 4 is 56.9 Å². The summed E-state index contributed by atoms with van der Waals surface area (Å²) >= 11 is 9.86. The van der Waals surface area contributed by atoms with Gasteiger partial charge < -0.3 is 0 Å². The Kier molecular flexibility index (Phi) is 3.86. The van der Waals surface area contributed by atoms with Gasteiger partial charge >= 0.3 is 5.82 Å². The standard InChI is InChI=1S/C10H10ClIN3S/c1-15-7-5-13-8(11)3-6(7)10(16-2)14-9(15)4-12/h3,5H,4H2,1-2H3/q+1. The summed E-state index contributed by atoms with van der Waals surface area (Å²) in [5.74, 6) is 1.04. The Bertz CT molecular complexity index is 547. The van der Waals surface area contributed by atoms with Gasteiger partial charge in [-0.1, -0.05) is 46.0 Å². The molecule has 0 bridgehead atoms. The third-order valence-corrected chi connectivity index (χ3v) is 3.96. The molecule has 2 heterocycles. The quantitative estimate of drug-likeness (QED) is 0.204. The van der Waals surface area contributed by atoms with Gasteiger partial charge in [-0.2, -0.15) is 0 Å². The minimum atomic E-state index is 0.506. The number of hydrogen-bond acceptors (Lipinski definition) is 3. The first-order valence-corrected chi connectivity index (χ1v) is 7.74. The number of aryl methyl sites for hydroxylation is 1. The maximum absolute atomic E-state index is 5.91. The van der Waals surface area contributed by atoms with E-state index in [9.17, 15) is 0 Å². The lowest BCUT2D eigenvalue weighted by Gasteiger charge is -2.03. The number of thioether (sulfide) groups is 1. The van der Waals surface area contributed by atoms with E-state index in [1.807, 2.05) is 19.4 Å². The number of halogens is 2. The Balaban J connectivity index is 2.85. The Morgan fingerprint density at radius 2 is 2.31 bits per heavy atom. The zero-order chi connectivity index (χ0) is 11.7. The summed E-state index contributed by atoms with van der Waals surface area (Å²) in [5.41, 5.74) is 1.07. The molecule has 0 N–H and O–H groups in total. The molecule has 2 aromatic heterocycles. The molecule has 0 atom stereocenters. The topological polar surface area (TPSA) is 29.7 Å². The van der Waals surface area contributed by atoms with Crippen molar-refractivity contribution in [3.8, 4) is 0 Å². The molecule has 3 nitrogen and oxygen atoms in total. The van der Waals surface area contributed by atoms with E-state index < -0.39 is 0 Å². The molecular weight excluding hydrogens is 357 g/mol. The average molecular weight is 367 g/mol. The van der Waals surface area contributed by atoms with Crippen molar-refractivity contribution in [1.29, 1.82) is 0 Å². The second-order valence-electron chi connectivity index (χ2n) is 3.25. The van der Waals surface area contributed by atoms with E-state index in [-0.39, 0.29) is 0 Å². The van der Waals surface area contributed by atoms with Crippen LogP contribution in [0.5, 0.6) is 0 Å². The second-order valence-corrected chi connectivity index (χ2v) is 5.20. The fraction of sp³-hybridized carbons (Fsp3) is 0.300. The molecule has 84 valence electrons. The van der Waals surface area contributed by atoms with Crippen molar-refractivity contribution < 1.29 is 4.57 Å². The fourth-order valence-electron chi connectivity index (χ4n) is 1.53. The van der Waals surface area contributed by atoms with Crippen LogP contribution in [-0.4, -0.2) is 16.2 Å². The van der Waals surface area contributed by atoms with Gasteiger partial charge in [0.05, 0.1) is 18.6 Å². The van der Waals surface area contributed by atoms with Crippen molar-refractivity contribution in [2.24, 2.45) is 7.05 Å². The normalized spacial score (nSPS) is 11.0. The van der Waals surface area contributed by atoms with E-state index in [4.69, 9.17) is 11.6 Å². The van der Waals surface area contributed by atoms with Crippen LogP contribution in [0.4, 0.5) is 0 Å². The zero-order valence-corrected chi connectivity index (χ0v) is 12.6. The van der Waals surface area contributed by atoms with Crippen molar-refractivity contribution in [1.82, 2.24) is 9.97 Å². The van der Waals surface area contributed by atoms with E-state index in [1.54, 1.807) is 18.0 Å². The Morgan fingerprint density at radius 3 is 2.94 bits per heavy atom. The van der Waals surface area contributed by atoms with E-state index in [2.05, 4.69) is 37.1 Å². The lowest BCUT2D eigenvalue weighted by molar-refractivity contribution is -0.655. The van der Waals surface area contributed by atoms with E-state index in [1.165, 1.54) is 0 Å². The molecule has 0 saturated heterocycles. The van der Waals surface area contributed by atoms with Gasteiger partial charge in [0.25, 0.3) is 0 Å². The predicted molar refractivity (Wildman–Crippen MR) is 75.2 cm³/mol. The Labute approximate surface area is 117 Å². The van der Waals surface area contributed by atoms with Gasteiger partial charge in [-0.15, -0.1) is 0 Å². The first-order valence-electron chi connectivity index (χ1n) is 4.61. The fourth-order valence-corrected chi connectivity index (χ4v) is 2.95. The minimum absolute atomic E-state index is 0.506. The summed E-state index contributed by atoms with van der Waals surface area (Å²) in [7, 11) is 2.00. The first-order chi connectivity index (χ1) is 7.67. The molecule has 0 unspecified atom stereocenters. The Morgan fingerprint density at radius 1 is 1.56 bits per heavy atom. The smallest absolute Gasteiger partial charge is 0.240 e. The van der Waals surface area contributed by atoms with Gasteiger partial charge in [0.2, 0.25) is 5.03 Å². The highest BCUT2D eigenvalue weighted by atomic mass is 127. The third kappa shape index (κ3) is 2.12. The molecule has 0 radical (unpaired) electrons. The van der Waals surface area contributed by atoms with E-state index >= 15 is 0 Å². The number of hydrogen-bond donors (Lipinski definition) is 0. The molecular formula is C10H10ClIN3S+. The van der Waals surface area contributed by atoms with Crippen LogP contribution in [0.1, 0.15) is 5.82 Å². The van der Waals surface area contributed by atoms with Gasteiger partial charge in [0.1, 0.15) is 9.58 Å². The highest BCUT2D eigenvalue weighted by Gasteiger charge is 2.18. The molecule has 0 spiro atoms. The highest BCUT2D eigenvalue weighted by Crippen LogP contribution is 2.24. The van der Waals surface area contributed by atoms with Crippen molar-refractivity contribution in [2.45, 2.75) is 9.45 Å². The Hall–Kier alpha value is -0.140. The maximum atomic E-state index is 5.91. The molecule has 6 heteroatoms. The molecule has 0 aliphatic heterocycles. The number of fused-ring (bicyclic) bond motifs is 1. The van der Waals surface area contributed by atoms with Crippen LogP contribution >= 0.6 is 46.0 Å². The summed E-state index contributed by atoms with van der Waals surface area (Å²) in [4.78, 5) is 8.73. The van der Waals surface area contributed by atoms with Gasteiger partial charge in [-0.25, -0.2) is 9.55 Å². The summed E-state index contributed by atoms with van der Waals surface area (Å²) in [6.07, 6.45) is 3.82. The van der Waals surface area contributed by atoms with E-state index in [0.717, 1.165) is 26.2 Å². The van der Waals surface area contributed by atoms with Crippen LogP contribution in [0, 0.1) is 0 Å². The van der Waals surface area contributed by atoms with E-state index in [0.29, 0.717) is 5.15 Å². The number of pyridine rings is 1. The summed E-state index contributed by atoms with van der Waals surface area (Å²) < 4.78 is 2.94. The lowest BCUT2D eigenvalue weighted by atomic mass is 10.3. The first kappa shape index (κ1) is 12.3. The molecule has 0 amide bonds. The van der Waals surface area contributed by atoms with Crippen LogP contribution in [0.3, 0.4) is 0 Å².